The Morgan fingerprint density at radius 2 is 1.71 bits per heavy atom. The largest absolute Gasteiger partial charge is 0.369 e. The number of benzene rings is 1. The second-order valence-corrected chi connectivity index (χ2v) is 7.16. The third-order valence-corrected chi connectivity index (χ3v) is 4.79. The van der Waals surface area contributed by atoms with Gasteiger partial charge >= 0.3 is 0 Å². The van der Waals surface area contributed by atoms with Crippen molar-refractivity contribution < 1.29 is 4.74 Å². The number of nitrogens with two attached hydrogens (primary N) is 1. The average Bonchev–Trinajstić information content (AvgIpc) is 2.44. The first-order valence-corrected chi connectivity index (χ1v) is 8.53. The lowest BCUT2D eigenvalue weighted by Crippen LogP contribution is -2.35. The molecule has 1 aliphatic carbocycles. The van der Waals surface area contributed by atoms with Crippen LogP contribution >= 0.6 is 11.6 Å². The zero-order valence-electron chi connectivity index (χ0n) is 13.4. The Morgan fingerprint density at radius 3 is 2.24 bits per heavy atom. The Bertz CT molecular complexity index is 423. The van der Waals surface area contributed by atoms with Crippen molar-refractivity contribution in [2.75, 3.05) is 0 Å². The van der Waals surface area contributed by atoms with Crippen LogP contribution in [-0.2, 0) is 4.74 Å². The van der Waals surface area contributed by atoms with Crippen molar-refractivity contribution in [3.05, 3.63) is 34.9 Å². The molecule has 3 heteroatoms. The smallest absolute Gasteiger partial charge is 0.0979 e. The second-order valence-electron chi connectivity index (χ2n) is 6.72. The van der Waals surface area contributed by atoms with Crippen molar-refractivity contribution >= 4 is 11.6 Å². The summed E-state index contributed by atoms with van der Waals surface area (Å²) in [6.07, 6.45) is 4.79. The van der Waals surface area contributed by atoms with E-state index in [9.17, 15) is 0 Å². The van der Waals surface area contributed by atoms with E-state index < -0.39 is 0 Å². The molecule has 0 aromatic heterocycles. The van der Waals surface area contributed by atoms with Crippen LogP contribution in [0.15, 0.2) is 24.3 Å². The maximum Gasteiger partial charge on any atom is 0.0979 e. The van der Waals surface area contributed by atoms with Crippen LogP contribution in [0.25, 0.3) is 0 Å². The van der Waals surface area contributed by atoms with Crippen LogP contribution in [0.3, 0.4) is 0 Å². The molecule has 1 aromatic rings. The van der Waals surface area contributed by atoms with Crippen LogP contribution < -0.4 is 5.73 Å². The quantitative estimate of drug-likeness (QED) is 0.834. The lowest BCUT2D eigenvalue weighted by atomic mass is 9.81. The topological polar surface area (TPSA) is 35.2 Å². The molecule has 0 saturated heterocycles. The zero-order valence-corrected chi connectivity index (χ0v) is 14.1. The molecule has 0 amide bonds. The number of rotatable bonds is 5. The first-order valence-electron chi connectivity index (χ1n) is 8.16. The molecule has 118 valence electrons. The van der Waals surface area contributed by atoms with Gasteiger partial charge in [-0.15, -0.1) is 0 Å². The predicted molar refractivity (Wildman–Crippen MR) is 89.5 cm³/mol. The molecule has 2 N–H and O–H groups in total. The molecule has 0 heterocycles. The summed E-state index contributed by atoms with van der Waals surface area (Å²) in [5.74, 6) is 1.48. The van der Waals surface area contributed by atoms with Gasteiger partial charge in [0.15, 0.2) is 0 Å². The van der Waals surface area contributed by atoms with Gasteiger partial charge in [0.2, 0.25) is 0 Å². The minimum absolute atomic E-state index is 0.0266. The highest BCUT2D eigenvalue weighted by Gasteiger charge is 2.29. The molecule has 1 aliphatic rings. The Labute approximate surface area is 134 Å². The van der Waals surface area contributed by atoms with E-state index in [0.717, 1.165) is 41.7 Å². The number of hydrogen-bond donors (Lipinski definition) is 1. The molecular formula is C18H28ClNO. The molecule has 2 rings (SSSR count). The van der Waals surface area contributed by atoms with Gasteiger partial charge in [0.1, 0.15) is 0 Å². The third kappa shape index (κ3) is 4.70. The highest BCUT2D eigenvalue weighted by Crippen LogP contribution is 2.34. The van der Waals surface area contributed by atoms with Gasteiger partial charge in [0.05, 0.1) is 12.2 Å². The zero-order chi connectivity index (χ0) is 15.4. The summed E-state index contributed by atoms with van der Waals surface area (Å²) in [6, 6.07) is 7.94. The molecule has 0 radical (unpaired) electrons. The number of hydrogen-bond acceptors (Lipinski definition) is 2. The molecule has 1 fully saturated rings. The van der Waals surface area contributed by atoms with Gasteiger partial charge in [-0.2, -0.15) is 0 Å². The van der Waals surface area contributed by atoms with Crippen LogP contribution in [-0.4, -0.2) is 12.1 Å². The van der Waals surface area contributed by atoms with Crippen LogP contribution in [0.2, 0.25) is 5.02 Å². The molecule has 4 atom stereocenters. The number of halogens is 1. The first kappa shape index (κ1) is 16.8. The molecule has 1 saturated carbocycles. The molecule has 0 bridgehead atoms. The Morgan fingerprint density at radius 1 is 1.14 bits per heavy atom. The van der Waals surface area contributed by atoms with Crippen molar-refractivity contribution in [3.8, 4) is 0 Å². The average molecular weight is 310 g/mol. The maximum absolute atomic E-state index is 6.44. The molecule has 0 aliphatic heterocycles. The van der Waals surface area contributed by atoms with E-state index in [1.807, 2.05) is 24.3 Å². The van der Waals surface area contributed by atoms with Crippen molar-refractivity contribution in [2.45, 2.75) is 64.7 Å². The molecule has 1 aromatic carbocycles. The minimum Gasteiger partial charge on any atom is -0.369 e. The van der Waals surface area contributed by atoms with E-state index in [4.69, 9.17) is 22.1 Å². The van der Waals surface area contributed by atoms with Crippen LogP contribution in [0.4, 0.5) is 0 Å². The van der Waals surface area contributed by atoms with Gasteiger partial charge in [-0.1, -0.05) is 44.5 Å². The van der Waals surface area contributed by atoms with Crippen molar-refractivity contribution in [3.63, 3.8) is 0 Å². The third-order valence-electron chi connectivity index (χ3n) is 4.53. The van der Waals surface area contributed by atoms with Crippen molar-refractivity contribution in [2.24, 2.45) is 17.6 Å². The fourth-order valence-electron chi connectivity index (χ4n) is 3.48. The second kappa shape index (κ2) is 7.62. The van der Waals surface area contributed by atoms with E-state index >= 15 is 0 Å². The monoisotopic (exact) mass is 309 g/mol. The lowest BCUT2D eigenvalue weighted by Gasteiger charge is -2.35. The van der Waals surface area contributed by atoms with Crippen LogP contribution in [0.5, 0.6) is 0 Å². The van der Waals surface area contributed by atoms with E-state index in [2.05, 4.69) is 20.8 Å². The number of ether oxygens (including phenoxy) is 1. The van der Waals surface area contributed by atoms with Gasteiger partial charge in [-0.05, 0) is 55.2 Å². The lowest BCUT2D eigenvalue weighted by molar-refractivity contribution is -0.0610. The van der Waals surface area contributed by atoms with Crippen molar-refractivity contribution in [1.82, 2.24) is 0 Å². The Balaban J connectivity index is 2.11. The highest BCUT2D eigenvalue weighted by molar-refractivity contribution is 6.30. The molecule has 0 spiro atoms. The molecule has 21 heavy (non-hydrogen) atoms. The molecular weight excluding hydrogens is 282 g/mol. The van der Waals surface area contributed by atoms with Gasteiger partial charge in [-0.3, -0.25) is 0 Å². The van der Waals surface area contributed by atoms with Gasteiger partial charge in [0.25, 0.3) is 0 Å². The summed E-state index contributed by atoms with van der Waals surface area (Å²) in [5, 5.41) is 0.752. The highest BCUT2D eigenvalue weighted by atomic mass is 35.5. The normalized spacial score (nSPS) is 29.1. The summed E-state index contributed by atoms with van der Waals surface area (Å²) in [7, 11) is 0. The summed E-state index contributed by atoms with van der Waals surface area (Å²) in [6.45, 7) is 6.76. The molecule has 4 unspecified atom stereocenters. The van der Waals surface area contributed by atoms with E-state index in [1.165, 1.54) is 6.42 Å². The first-order chi connectivity index (χ1) is 9.99. The maximum atomic E-state index is 6.44. The predicted octanol–water partition coefficient (Wildman–Crippen LogP) is 4.96. The Kier molecular flexibility index (Phi) is 6.09. The van der Waals surface area contributed by atoms with Gasteiger partial charge < -0.3 is 10.5 Å². The minimum atomic E-state index is -0.0326. The summed E-state index contributed by atoms with van der Waals surface area (Å²) >= 11 is 5.99. The van der Waals surface area contributed by atoms with Gasteiger partial charge in [-0.25, -0.2) is 0 Å². The summed E-state index contributed by atoms with van der Waals surface area (Å²) in [4.78, 5) is 0. The van der Waals surface area contributed by atoms with E-state index in [-0.39, 0.29) is 12.1 Å². The van der Waals surface area contributed by atoms with Gasteiger partial charge in [0, 0.05) is 11.1 Å². The van der Waals surface area contributed by atoms with Crippen LogP contribution in [0.1, 0.15) is 58.1 Å². The standard InChI is InChI=1S/C18H28ClNO/c1-4-17(20)18(14-5-7-15(19)8-6-14)21-16-10-12(2)9-13(3)11-16/h5-8,12-13,16-18H,4,9-11,20H2,1-3H3. The fourth-order valence-corrected chi connectivity index (χ4v) is 3.61. The molecule has 2 nitrogen and oxygen atoms in total. The van der Waals surface area contributed by atoms with Crippen LogP contribution in [0, 0.1) is 11.8 Å². The Hall–Kier alpha value is -0.570. The fraction of sp³-hybridized carbons (Fsp3) is 0.667. The summed E-state index contributed by atoms with van der Waals surface area (Å²) < 4.78 is 6.44. The van der Waals surface area contributed by atoms with Crippen molar-refractivity contribution in [1.29, 1.82) is 0 Å². The van der Waals surface area contributed by atoms with E-state index in [0.29, 0.717) is 6.10 Å². The van der Waals surface area contributed by atoms with E-state index in [1.54, 1.807) is 0 Å². The summed E-state index contributed by atoms with van der Waals surface area (Å²) in [5.41, 5.74) is 7.45. The SMILES string of the molecule is CCC(N)C(OC1CC(C)CC(C)C1)c1ccc(Cl)cc1.